The first kappa shape index (κ1) is 17.2. The van der Waals surface area contributed by atoms with Gasteiger partial charge in [0.15, 0.2) is 0 Å². The fraction of sp³-hybridized carbons (Fsp3) is 0.312. The normalized spacial score (nSPS) is 16.0. The van der Waals surface area contributed by atoms with Crippen molar-refractivity contribution >= 4 is 34.5 Å². The number of aromatic nitrogens is 3. The van der Waals surface area contributed by atoms with E-state index >= 15 is 0 Å². The highest BCUT2D eigenvalue weighted by atomic mass is 32.2. The number of ether oxygens (including phenoxy) is 1. The van der Waals surface area contributed by atoms with Gasteiger partial charge in [-0.3, -0.25) is 9.59 Å². The average molecular weight is 360 g/mol. The number of nitrogens with zero attached hydrogens (tertiary/aromatic N) is 4. The first-order valence-electron chi connectivity index (χ1n) is 7.74. The highest BCUT2D eigenvalue weighted by molar-refractivity contribution is 8.04. The topological polar surface area (TPSA) is 94.4 Å². The zero-order valence-corrected chi connectivity index (χ0v) is 14.4. The average Bonchev–Trinajstić information content (AvgIpc) is 2.94. The summed E-state index contributed by atoms with van der Waals surface area (Å²) >= 11 is 1.27. The lowest BCUT2D eigenvalue weighted by Crippen LogP contribution is -2.33. The molecule has 0 atom stereocenters. The number of carbonyl (C=O) groups is 2. The van der Waals surface area contributed by atoms with E-state index < -0.39 is 5.97 Å². The molecule has 130 valence electrons. The molecule has 9 heteroatoms. The number of fused-ring (bicyclic) bond motifs is 1. The van der Waals surface area contributed by atoms with Gasteiger partial charge in [-0.15, -0.1) is 5.10 Å². The van der Waals surface area contributed by atoms with Crippen molar-refractivity contribution in [2.45, 2.75) is 13.5 Å². The van der Waals surface area contributed by atoms with Crippen LogP contribution in [-0.4, -0.2) is 50.7 Å². The minimum absolute atomic E-state index is 0.123. The molecule has 8 nitrogen and oxygen atoms in total. The molecule has 1 aliphatic heterocycles. The summed E-state index contributed by atoms with van der Waals surface area (Å²) in [7, 11) is 0. The van der Waals surface area contributed by atoms with E-state index in [0.717, 1.165) is 0 Å². The number of thioether (sulfide) groups is 1. The van der Waals surface area contributed by atoms with Crippen molar-refractivity contribution in [3.8, 4) is 0 Å². The Bertz CT molecular complexity index is 908. The largest absolute Gasteiger partial charge is 0.463 e. The number of hydrogen-bond donors (Lipinski definition) is 0. The van der Waals surface area contributed by atoms with E-state index in [1.165, 1.54) is 27.4 Å². The molecule has 3 rings (SSSR count). The number of esters is 1. The van der Waals surface area contributed by atoms with Gasteiger partial charge in [-0.25, -0.2) is 9.48 Å². The summed E-state index contributed by atoms with van der Waals surface area (Å²) in [6, 6.07) is 6.95. The SMILES string of the molecule is CCOC(=O)/C=C1\SCC(=O)N1CCn1nnc2ccccc2c1=O. The second-order valence-corrected chi connectivity index (χ2v) is 6.20. The minimum Gasteiger partial charge on any atom is -0.463 e. The first-order chi connectivity index (χ1) is 12.1. The molecule has 0 N–H and O–H groups in total. The lowest BCUT2D eigenvalue weighted by atomic mass is 10.2. The molecule has 1 aromatic heterocycles. The molecular weight excluding hydrogens is 344 g/mol. The van der Waals surface area contributed by atoms with E-state index in [2.05, 4.69) is 10.3 Å². The van der Waals surface area contributed by atoms with E-state index in [1.54, 1.807) is 31.2 Å². The Hall–Kier alpha value is -2.68. The van der Waals surface area contributed by atoms with E-state index in [1.807, 2.05) is 0 Å². The van der Waals surface area contributed by atoms with Gasteiger partial charge in [-0.2, -0.15) is 0 Å². The van der Waals surface area contributed by atoms with Gasteiger partial charge in [0.1, 0.15) is 5.52 Å². The van der Waals surface area contributed by atoms with Crippen LogP contribution in [0.1, 0.15) is 6.92 Å². The fourth-order valence-electron chi connectivity index (χ4n) is 2.42. The Morgan fingerprint density at radius 2 is 2.12 bits per heavy atom. The van der Waals surface area contributed by atoms with Crippen LogP contribution in [-0.2, 0) is 20.9 Å². The van der Waals surface area contributed by atoms with Crippen molar-refractivity contribution in [3.63, 3.8) is 0 Å². The molecule has 0 saturated carbocycles. The molecule has 1 fully saturated rings. The molecule has 0 bridgehead atoms. The summed E-state index contributed by atoms with van der Waals surface area (Å²) in [5.74, 6) is -0.363. The fourth-order valence-corrected chi connectivity index (χ4v) is 3.37. The summed E-state index contributed by atoms with van der Waals surface area (Å²) in [6.07, 6.45) is 1.30. The number of benzene rings is 1. The van der Waals surface area contributed by atoms with Crippen molar-refractivity contribution < 1.29 is 14.3 Å². The highest BCUT2D eigenvalue weighted by Crippen LogP contribution is 2.28. The zero-order valence-electron chi connectivity index (χ0n) is 13.5. The summed E-state index contributed by atoms with van der Waals surface area (Å²) in [5, 5.41) is 8.91. The number of amides is 1. The van der Waals surface area contributed by atoms with Crippen LogP contribution < -0.4 is 5.56 Å². The molecule has 1 amide bonds. The monoisotopic (exact) mass is 360 g/mol. The lowest BCUT2D eigenvalue weighted by molar-refractivity contribution is -0.137. The number of hydrogen-bond acceptors (Lipinski definition) is 7. The standard InChI is InChI=1S/C16H16N4O4S/c1-2-24-15(22)9-14-19(13(21)10-25-14)7-8-20-16(23)11-5-3-4-6-12(11)17-18-20/h3-6,9H,2,7-8,10H2,1H3/b14-9-. The number of rotatable bonds is 5. The van der Waals surface area contributed by atoms with Gasteiger partial charge >= 0.3 is 5.97 Å². The molecule has 25 heavy (non-hydrogen) atoms. The van der Waals surface area contributed by atoms with Gasteiger partial charge in [0, 0.05) is 6.54 Å². The van der Waals surface area contributed by atoms with Crippen molar-refractivity contribution in [1.82, 2.24) is 19.9 Å². The quantitative estimate of drug-likeness (QED) is 0.574. The second kappa shape index (κ2) is 7.47. The summed E-state index contributed by atoms with van der Waals surface area (Å²) in [4.78, 5) is 37.5. The van der Waals surface area contributed by atoms with E-state index in [4.69, 9.17) is 4.74 Å². The van der Waals surface area contributed by atoms with Gasteiger partial charge in [0.05, 0.1) is 35.4 Å². The van der Waals surface area contributed by atoms with Gasteiger partial charge in [-0.1, -0.05) is 29.1 Å². The Morgan fingerprint density at radius 1 is 1.32 bits per heavy atom. The predicted molar refractivity (Wildman–Crippen MR) is 92.7 cm³/mol. The first-order valence-corrected chi connectivity index (χ1v) is 8.73. The maximum Gasteiger partial charge on any atom is 0.333 e. The molecule has 0 aliphatic carbocycles. The van der Waals surface area contributed by atoms with Crippen LogP contribution in [0.3, 0.4) is 0 Å². The van der Waals surface area contributed by atoms with Gasteiger partial charge in [0.2, 0.25) is 5.91 Å². The van der Waals surface area contributed by atoms with E-state index in [-0.39, 0.29) is 36.9 Å². The summed E-state index contributed by atoms with van der Waals surface area (Å²) in [6.45, 7) is 2.39. The Kier molecular flexibility index (Phi) is 5.13. The zero-order chi connectivity index (χ0) is 17.8. The third kappa shape index (κ3) is 3.71. The van der Waals surface area contributed by atoms with E-state index in [9.17, 15) is 14.4 Å². The van der Waals surface area contributed by atoms with Crippen LogP contribution in [0.5, 0.6) is 0 Å². The Balaban J connectivity index is 1.78. The maximum absolute atomic E-state index is 12.4. The molecule has 1 aliphatic rings. The molecule has 0 radical (unpaired) electrons. The molecule has 1 saturated heterocycles. The van der Waals surface area contributed by atoms with Crippen molar-refractivity contribution in [2.75, 3.05) is 18.9 Å². The van der Waals surface area contributed by atoms with Crippen LogP contribution in [0.15, 0.2) is 40.2 Å². The smallest absolute Gasteiger partial charge is 0.333 e. The van der Waals surface area contributed by atoms with Crippen molar-refractivity contribution in [1.29, 1.82) is 0 Å². The number of carbonyl (C=O) groups excluding carboxylic acids is 2. The molecule has 0 unspecified atom stereocenters. The molecule has 0 spiro atoms. The van der Waals surface area contributed by atoms with Gasteiger partial charge in [0.25, 0.3) is 5.56 Å². The predicted octanol–water partition coefficient (Wildman–Crippen LogP) is 0.771. The van der Waals surface area contributed by atoms with Gasteiger partial charge in [-0.05, 0) is 19.1 Å². The minimum atomic E-state index is -0.493. The molecule has 1 aromatic carbocycles. The van der Waals surface area contributed by atoms with Crippen molar-refractivity contribution in [2.24, 2.45) is 0 Å². The van der Waals surface area contributed by atoms with Crippen LogP contribution in [0.2, 0.25) is 0 Å². The Morgan fingerprint density at radius 3 is 2.92 bits per heavy atom. The summed E-state index contributed by atoms with van der Waals surface area (Å²) in [5.41, 5.74) is 0.264. The van der Waals surface area contributed by atoms with E-state index in [0.29, 0.717) is 15.9 Å². The van der Waals surface area contributed by atoms with Crippen molar-refractivity contribution in [3.05, 3.63) is 45.7 Å². The third-order valence-corrected chi connectivity index (χ3v) is 4.63. The molecule has 2 heterocycles. The van der Waals surface area contributed by atoms with Crippen LogP contribution in [0.25, 0.3) is 10.9 Å². The lowest BCUT2D eigenvalue weighted by Gasteiger charge is -2.17. The second-order valence-electron chi connectivity index (χ2n) is 5.20. The van der Waals surface area contributed by atoms with Crippen LogP contribution in [0.4, 0.5) is 0 Å². The molecular formula is C16H16N4O4S. The highest BCUT2D eigenvalue weighted by Gasteiger charge is 2.27. The molecule has 2 aromatic rings. The van der Waals surface area contributed by atoms with Crippen LogP contribution in [0, 0.1) is 0 Å². The third-order valence-electron chi connectivity index (χ3n) is 3.60. The Labute approximate surface area is 147 Å². The van der Waals surface area contributed by atoms with Crippen LogP contribution >= 0.6 is 11.8 Å². The summed E-state index contributed by atoms with van der Waals surface area (Å²) < 4.78 is 6.10. The maximum atomic E-state index is 12.4. The van der Waals surface area contributed by atoms with Gasteiger partial charge < -0.3 is 9.64 Å².